The van der Waals surface area contributed by atoms with Gasteiger partial charge in [-0.25, -0.2) is 0 Å². The zero-order valence-corrected chi connectivity index (χ0v) is 10.5. The summed E-state index contributed by atoms with van der Waals surface area (Å²) < 4.78 is 11.1. The molecule has 1 aromatic carbocycles. The largest absolute Gasteiger partial charge is 0.376 e. The SMILES string of the molecule is CO[C@@H]1c2ccccc2C(=O)N1C[C@@H]1CCCO1. The molecule has 0 N–H and O–H groups in total. The summed E-state index contributed by atoms with van der Waals surface area (Å²) in [5.74, 6) is 0.0490. The van der Waals surface area contributed by atoms with Gasteiger partial charge in [0.15, 0.2) is 6.23 Å². The molecule has 4 heteroatoms. The summed E-state index contributed by atoms with van der Waals surface area (Å²) in [6.45, 7) is 1.42. The lowest BCUT2D eigenvalue weighted by atomic mass is 10.1. The highest BCUT2D eigenvalue weighted by atomic mass is 16.5. The van der Waals surface area contributed by atoms with Crippen LogP contribution in [-0.4, -0.2) is 37.2 Å². The smallest absolute Gasteiger partial charge is 0.256 e. The van der Waals surface area contributed by atoms with Crippen molar-refractivity contribution in [1.29, 1.82) is 0 Å². The van der Waals surface area contributed by atoms with Gasteiger partial charge < -0.3 is 14.4 Å². The quantitative estimate of drug-likeness (QED) is 0.819. The maximum Gasteiger partial charge on any atom is 0.256 e. The second-order valence-electron chi connectivity index (χ2n) is 4.77. The van der Waals surface area contributed by atoms with Crippen molar-refractivity contribution in [2.75, 3.05) is 20.3 Å². The molecule has 1 amide bonds. The molecule has 3 rings (SSSR count). The molecule has 2 aliphatic rings. The van der Waals surface area contributed by atoms with E-state index in [0.717, 1.165) is 30.6 Å². The highest BCUT2D eigenvalue weighted by Gasteiger charge is 2.38. The summed E-state index contributed by atoms with van der Waals surface area (Å²) in [4.78, 5) is 14.1. The van der Waals surface area contributed by atoms with Gasteiger partial charge in [0.05, 0.1) is 12.6 Å². The molecule has 2 aliphatic heterocycles. The molecule has 96 valence electrons. The van der Waals surface area contributed by atoms with E-state index in [9.17, 15) is 4.79 Å². The molecule has 2 heterocycles. The first kappa shape index (κ1) is 11.7. The van der Waals surface area contributed by atoms with Crippen LogP contribution in [-0.2, 0) is 9.47 Å². The molecule has 18 heavy (non-hydrogen) atoms. The van der Waals surface area contributed by atoms with Crippen LogP contribution in [0.15, 0.2) is 24.3 Å². The van der Waals surface area contributed by atoms with Crippen LogP contribution in [0.4, 0.5) is 0 Å². The van der Waals surface area contributed by atoms with Gasteiger partial charge in [-0.05, 0) is 18.9 Å². The molecular formula is C14H17NO3. The number of ether oxygens (including phenoxy) is 2. The van der Waals surface area contributed by atoms with E-state index in [1.165, 1.54) is 0 Å². The van der Waals surface area contributed by atoms with E-state index in [2.05, 4.69) is 0 Å². The molecule has 0 radical (unpaired) electrons. The second kappa shape index (κ2) is 4.71. The van der Waals surface area contributed by atoms with Crippen LogP contribution in [0.3, 0.4) is 0 Å². The number of benzene rings is 1. The molecule has 0 unspecified atom stereocenters. The van der Waals surface area contributed by atoms with E-state index < -0.39 is 0 Å². The predicted octanol–water partition coefficient (Wildman–Crippen LogP) is 1.97. The molecular weight excluding hydrogens is 230 g/mol. The molecule has 1 fully saturated rings. The number of carbonyl (C=O) groups is 1. The molecule has 4 nitrogen and oxygen atoms in total. The first-order chi connectivity index (χ1) is 8.81. The lowest BCUT2D eigenvalue weighted by Gasteiger charge is -2.26. The third-order valence-corrected chi connectivity index (χ3v) is 3.65. The summed E-state index contributed by atoms with van der Waals surface area (Å²) in [5.41, 5.74) is 1.71. The van der Waals surface area contributed by atoms with Crippen molar-refractivity contribution in [1.82, 2.24) is 4.90 Å². The topological polar surface area (TPSA) is 38.8 Å². The van der Waals surface area contributed by atoms with Gasteiger partial charge in [0.1, 0.15) is 0 Å². The van der Waals surface area contributed by atoms with Gasteiger partial charge in [0.25, 0.3) is 5.91 Å². The number of carbonyl (C=O) groups excluding carboxylic acids is 1. The fourth-order valence-corrected chi connectivity index (χ4v) is 2.78. The minimum Gasteiger partial charge on any atom is -0.376 e. The number of hydrogen-bond donors (Lipinski definition) is 0. The maximum absolute atomic E-state index is 12.3. The monoisotopic (exact) mass is 247 g/mol. The fraction of sp³-hybridized carbons (Fsp3) is 0.500. The number of amides is 1. The average molecular weight is 247 g/mol. The lowest BCUT2D eigenvalue weighted by molar-refractivity contribution is -0.0327. The minimum atomic E-state index is -0.266. The van der Waals surface area contributed by atoms with Crippen molar-refractivity contribution >= 4 is 5.91 Å². The molecule has 1 saturated heterocycles. The molecule has 0 aromatic heterocycles. The third kappa shape index (κ3) is 1.82. The Morgan fingerprint density at radius 1 is 1.44 bits per heavy atom. The minimum absolute atomic E-state index is 0.0490. The molecule has 0 saturated carbocycles. The Labute approximate surface area is 106 Å². The summed E-state index contributed by atoms with van der Waals surface area (Å²) >= 11 is 0. The number of hydrogen-bond acceptors (Lipinski definition) is 3. The summed E-state index contributed by atoms with van der Waals surface area (Å²) in [5, 5.41) is 0. The highest BCUT2D eigenvalue weighted by molar-refractivity contribution is 5.98. The number of rotatable bonds is 3. The Morgan fingerprint density at radius 2 is 2.28 bits per heavy atom. The third-order valence-electron chi connectivity index (χ3n) is 3.65. The van der Waals surface area contributed by atoms with E-state index in [1.54, 1.807) is 12.0 Å². The number of nitrogens with zero attached hydrogens (tertiary/aromatic N) is 1. The maximum atomic E-state index is 12.3. The average Bonchev–Trinajstić information content (AvgIpc) is 2.99. The van der Waals surface area contributed by atoms with Gasteiger partial charge in [-0.2, -0.15) is 0 Å². The van der Waals surface area contributed by atoms with E-state index in [4.69, 9.17) is 9.47 Å². The Balaban J connectivity index is 1.85. The van der Waals surface area contributed by atoms with Crippen molar-refractivity contribution in [2.45, 2.75) is 25.2 Å². The van der Waals surface area contributed by atoms with Crippen LogP contribution in [0.25, 0.3) is 0 Å². The van der Waals surface area contributed by atoms with E-state index >= 15 is 0 Å². The second-order valence-corrected chi connectivity index (χ2v) is 4.77. The lowest BCUT2D eigenvalue weighted by Crippen LogP contribution is -2.35. The summed E-state index contributed by atoms with van der Waals surface area (Å²) in [6.07, 6.45) is 1.99. The van der Waals surface area contributed by atoms with Crippen LogP contribution in [0, 0.1) is 0 Å². The van der Waals surface area contributed by atoms with Crippen LogP contribution < -0.4 is 0 Å². The van der Waals surface area contributed by atoms with Crippen molar-refractivity contribution in [3.63, 3.8) is 0 Å². The Hall–Kier alpha value is -1.39. The molecule has 0 bridgehead atoms. The van der Waals surface area contributed by atoms with Crippen LogP contribution >= 0.6 is 0 Å². The standard InChI is InChI=1S/C14H17NO3/c1-17-14-12-7-3-2-6-11(12)13(16)15(14)9-10-5-4-8-18-10/h2-3,6-7,10,14H,4-5,8-9H2,1H3/t10-,14+/m0/s1. The van der Waals surface area contributed by atoms with Gasteiger partial charge in [-0.15, -0.1) is 0 Å². The van der Waals surface area contributed by atoms with E-state index in [-0.39, 0.29) is 18.2 Å². The zero-order valence-electron chi connectivity index (χ0n) is 10.5. The summed E-state index contributed by atoms with van der Waals surface area (Å²) in [7, 11) is 1.64. The van der Waals surface area contributed by atoms with Gasteiger partial charge in [-0.1, -0.05) is 18.2 Å². The van der Waals surface area contributed by atoms with E-state index in [1.807, 2.05) is 24.3 Å². The van der Waals surface area contributed by atoms with Crippen LogP contribution in [0.5, 0.6) is 0 Å². The first-order valence-corrected chi connectivity index (χ1v) is 6.35. The molecule has 0 aliphatic carbocycles. The van der Waals surface area contributed by atoms with Crippen LogP contribution in [0.2, 0.25) is 0 Å². The van der Waals surface area contributed by atoms with Crippen LogP contribution in [0.1, 0.15) is 35.0 Å². The Morgan fingerprint density at radius 3 is 3.00 bits per heavy atom. The van der Waals surface area contributed by atoms with E-state index in [0.29, 0.717) is 6.54 Å². The van der Waals surface area contributed by atoms with Gasteiger partial charge in [0, 0.05) is 24.8 Å². The molecule has 1 aromatic rings. The van der Waals surface area contributed by atoms with Gasteiger partial charge in [-0.3, -0.25) is 4.79 Å². The van der Waals surface area contributed by atoms with Crippen molar-refractivity contribution in [3.8, 4) is 0 Å². The van der Waals surface area contributed by atoms with Gasteiger partial charge in [0.2, 0.25) is 0 Å². The Bertz CT molecular complexity index is 454. The fourth-order valence-electron chi connectivity index (χ4n) is 2.78. The molecule has 0 spiro atoms. The first-order valence-electron chi connectivity index (χ1n) is 6.35. The van der Waals surface area contributed by atoms with Gasteiger partial charge >= 0.3 is 0 Å². The van der Waals surface area contributed by atoms with Crippen molar-refractivity contribution < 1.29 is 14.3 Å². The number of methoxy groups -OCH3 is 1. The predicted molar refractivity (Wildman–Crippen MR) is 66.2 cm³/mol. The van der Waals surface area contributed by atoms with Crippen molar-refractivity contribution in [2.24, 2.45) is 0 Å². The Kier molecular flexibility index (Phi) is 3.06. The van der Waals surface area contributed by atoms with Crippen molar-refractivity contribution in [3.05, 3.63) is 35.4 Å². The summed E-state index contributed by atoms with van der Waals surface area (Å²) in [6, 6.07) is 7.64. The number of fused-ring (bicyclic) bond motifs is 1. The normalized spacial score (nSPS) is 26.7. The molecule has 2 atom stereocenters. The zero-order chi connectivity index (χ0) is 12.5. The highest BCUT2D eigenvalue weighted by Crippen LogP contribution is 2.34.